The molecule has 1 atom stereocenters. The first kappa shape index (κ1) is 29.5. The molecule has 0 aliphatic rings. The second-order valence-electron chi connectivity index (χ2n) is 9.10. The fraction of sp³-hybridized carbons (Fsp3) is 0.759. The van der Waals surface area contributed by atoms with Crippen molar-refractivity contribution in [2.24, 2.45) is 0 Å². The molecule has 1 rings (SSSR count). The molecule has 33 heavy (non-hydrogen) atoms. The highest BCUT2D eigenvalue weighted by atomic mass is 16.6. The molecule has 0 aliphatic carbocycles. The summed E-state index contributed by atoms with van der Waals surface area (Å²) in [5, 5.41) is 8.81. The Morgan fingerprint density at radius 3 is 1.82 bits per heavy atom. The van der Waals surface area contributed by atoms with Crippen molar-refractivity contribution in [3.63, 3.8) is 0 Å². The van der Waals surface area contributed by atoms with Gasteiger partial charge in [-0.1, -0.05) is 103 Å². The zero-order chi connectivity index (χ0) is 23.8. The standard InChI is InChI=1S/C29H49NO3/c1-3-5-7-9-11-13-15-23-31-25-29(32-24-16-14-12-10-8-6-4-2)26-33-28-19-17-27(18-20-28)21-22-30/h17-20,29H,3-16,21,23-26H2,1-2H3. The summed E-state index contributed by atoms with van der Waals surface area (Å²) in [6, 6.07) is 9.93. The average molecular weight is 460 g/mol. The number of rotatable bonds is 23. The summed E-state index contributed by atoms with van der Waals surface area (Å²) in [6.07, 6.45) is 18.4. The molecule has 0 heterocycles. The summed E-state index contributed by atoms with van der Waals surface area (Å²) in [7, 11) is 0. The van der Waals surface area contributed by atoms with E-state index in [2.05, 4.69) is 19.9 Å². The number of unbranched alkanes of at least 4 members (excludes halogenated alkanes) is 12. The highest BCUT2D eigenvalue weighted by Crippen LogP contribution is 2.14. The lowest BCUT2D eigenvalue weighted by Crippen LogP contribution is -2.28. The number of nitrogens with zero attached hydrogens (tertiary/aromatic N) is 1. The van der Waals surface area contributed by atoms with Gasteiger partial charge in [-0.3, -0.25) is 0 Å². The van der Waals surface area contributed by atoms with Crippen molar-refractivity contribution in [3.05, 3.63) is 29.8 Å². The van der Waals surface area contributed by atoms with Gasteiger partial charge in [-0.15, -0.1) is 0 Å². The minimum atomic E-state index is -0.0477. The van der Waals surface area contributed by atoms with Crippen molar-refractivity contribution < 1.29 is 14.2 Å². The third-order valence-corrected chi connectivity index (χ3v) is 5.94. The molecule has 4 nitrogen and oxygen atoms in total. The van der Waals surface area contributed by atoms with Crippen molar-refractivity contribution in [3.8, 4) is 11.8 Å². The SMILES string of the molecule is CCCCCCCCCOCC(COc1ccc(CC#N)cc1)OCCCCCCCCC. The van der Waals surface area contributed by atoms with Gasteiger partial charge < -0.3 is 14.2 Å². The van der Waals surface area contributed by atoms with Crippen LogP contribution in [0.15, 0.2) is 24.3 Å². The van der Waals surface area contributed by atoms with Gasteiger partial charge in [0.25, 0.3) is 0 Å². The van der Waals surface area contributed by atoms with E-state index in [0.717, 1.165) is 37.4 Å². The van der Waals surface area contributed by atoms with E-state index in [9.17, 15) is 0 Å². The first-order chi connectivity index (χ1) is 16.3. The number of ether oxygens (including phenoxy) is 3. The highest BCUT2D eigenvalue weighted by Gasteiger charge is 2.11. The van der Waals surface area contributed by atoms with E-state index in [4.69, 9.17) is 19.5 Å². The van der Waals surface area contributed by atoms with Gasteiger partial charge in [0.15, 0.2) is 0 Å². The molecule has 0 aliphatic heterocycles. The van der Waals surface area contributed by atoms with Crippen LogP contribution >= 0.6 is 0 Å². The van der Waals surface area contributed by atoms with Gasteiger partial charge >= 0.3 is 0 Å². The number of nitriles is 1. The van der Waals surface area contributed by atoms with Crippen molar-refractivity contribution >= 4 is 0 Å². The molecule has 188 valence electrons. The van der Waals surface area contributed by atoms with Crippen LogP contribution < -0.4 is 4.74 Å². The molecule has 0 amide bonds. The van der Waals surface area contributed by atoms with Crippen LogP contribution in [0.5, 0.6) is 5.75 Å². The molecular formula is C29H49NO3. The van der Waals surface area contributed by atoms with Crippen LogP contribution in [0, 0.1) is 11.3 Å². The molecule has 0 saturated carbocycles. The maximum Gasteiger partial charge on any atom is 0.119 e. The predicted octanol–water partition coefficient (Wildman–Crippen LogP) is 8.03. The first-order valence-electron chi connectivity index (χ1n) is 13.6. The first-order valence-corrected chi connectivity index (χ1v) is 13.6. The molecule has 4 heteroatoms. The lowest BCUT2D eigenvalue weighted by Gasteiger charge is -2.19. The van der Waals surface area contributed by atoms with Crippen LogP contribution in [0.25, 0.3) is 0 Å². The maximum absolute atomic E-state index is 8.81. The van der Waals surface area contributed by atoms with E-state index in [-0.39, 0.29) is 6.10 Å². The molecule has 0 bridgehead atoms. The number of hydrogen-bond donors (Lipinski definition) is 0. The monoisotopic (exact) mass is 459 g/mol. The molecule has 1 aromatic carbocycles. The molecule has 0 aromatic heterocycles. The van der Waals surface area contributed by atoms with Gasteiger partial charge in [0, 0.05) is 13.2 Å². The second-order valence-corrected chi connectivity index (χ2v) is 9.10. The third-order valence-electron chi connectivity index (χ3n) is 5.94. The van der Waals surface area contributed by atoms with Gasteiger partial charge in [0.1, 0.15) is 18.5 Å². The average Bonchev–Trinajstić information content (AvgIpc) is 2.83. The van der Waals surface area contributed by atoms with Gasteiger partial charge in [0.05, 0.1) is 19.1 Å². The van der Waals surface area contributed by atoms with E-state index in [1.54, 1.807) is 0 Å². The summed E-state index contributed by atoms with van der Waals surface area (Å²) in [5.41, 5.74) is 1.01. The zero-order valence-electron chi connectivity index (χ0n) is 21.5. The Kier molecular flexibility index (Phi) is 19.8. The van der Waals surface area contributed by atoms with E-state index >= 15 is 0 Å². The second kappa shape index (κ2) is 22.2. The minimum Gasteiger partial charge on any atom is -0.491 e. The molecule has 0 N–H and O–H groups in total. The summed E-state index contributed by atoms with van der Waals surface area (Å²) >= 11 is 0. The van der Waals surface area contributed by atoms with Crippen LogP contribution in [-0.4, -0.2) is 32.5 Å². The normalized spacial score (nSPS) is 11.9. The van der Waals surface area contributed by atoms with Gasteiger partial charge in [-0.25, -0.2) is 0 Å². The lowest BCUT2D eigenvalue weighted by atomic mass is 10.1. The number of benzene rings is 1. The summed E-state index contributed by atoms with van der Waals surface area (Å²) < 4.78 is 18.0. The van der Waals surface area contributed by atoms with E-state index in [0.29, 0.717) is 19.6 Å². The summed E-state index contributed by atoms with van der Waals surface area (Å²) in [4.78, 5) is 0. The highest BCUT2D eigenvalue weighted by molar-refractivity contribution is 5.28. The van der Waals surface area contributed by atoms with Crippen LogP contribution in [0.1, 0.15) is 109 Å². The molecule has 0 spiro atoms. The smallest absolute Gasteiger partial charge is 0.119 e. The summed E-state index contributed by atoms with van der Waals surface area (Å²) in [5.74, 6) is 0.813. The minimum absolute atomic E-state index is 0.0477. The topological polar surface area (TPSA) is 51.5 Å². The molecule has 0 radical (unpaired) electrons. The zero-order valence-corrected chi connectivity index (χ0v) is 21.5. The fourth-order valence-electron chi connectivity index (χ4n) is 3.81. The molecule has 0 fully saturated rings. The molecule has 1 unspecified atom stereocenters. The predicted molar refractivity (Wildman–Crippen MR) is 138 cm³/mol. The Morgan fingerprint density at radius 1 is 0.697 bits per heavy atom. The largest absolute Gasteiger partial charge is 0.491 e. The Balaban J connectivity index is 2.28. The van der Waals surface area contributed by atoms with Crippen molar-refractivity contribution in [2.45, 2.75) is 116 Å². The van der Waals surface area contributed by atoms with Crippen molar-refractivity contribution in [2.75, 3.05) is 26.4 Å². The van der Waals surface area contributed by atoms with Crippen LogP contribution in [0.4, 0.5) is 0 Å². The Morgan fingerprint density at radius 2 is 1.24 bits per heavy atom. The van der Waals surface area contributed by atoms with E-state index in [1.807, 2.05) is 24.3 Å². The maximum atomic E-state index is 8.81. The molecular weight excluding hydrogens is 410 g/mol. The molecule has 1 aromatic rings. The van der Waals surface area contributed by atoms with E-state index < -0.39 is 0 Å². The fourth-order valence-corrected chi connectivity index (χ4v) is 3.81. The van der Waals surface area contributed by atoms with Crippen molar-refractivity contribution in [1.29, 1.82) is 5.26 Å². The lowest BCUT2D eigenvalue weighted by molar-refractivity contribution is -0.0389. The quantitative estimate of drug-likeness (QED) is 0.155. The van der Waals surface area contributed by atoms with Crippen molar-refractivity contribution in [1.82, 2.24) is 0 Å². The number of hydrogen-bond acceptors (Lipinski definition) is 4. The van der Waals surface area contributed by atoms with Crippen LogP contribution in [0.2, 0.25) is 0 Å². The van der Waals surface area contributed by atoms with E-state index in [1.165, 1.54) is 77.0 Å². The Hall–Kier alpha value is -1.57. The van der Waals surface area contributed by atoms with Gasteiger partial charge in [-0.05, 0) is 30.5 Å². The Bertz CT molecular complexity index is 582. The van der Waals surface area contributed by atoms with Crippen LogP contribution in [-0.2, 0) is 15.9 Å². The Labute approximate surface area is 204 Å². The van der Waals surface area contributed by atoms with Crippen LogP contribution in [0.3, 0.4) is 0 Å². The third kappa shape index (κ3) is 17.6. The summed E-state index contributed by atoms with van der Waals surface area (Å²) in [6.45, 7) is 7.15. The van der Waals surface area contributed by atoms with Gasteiger partial charge in [-0.2, -0.15) is 5.26 Å². The van der Waals surface area contributed by atoms with Gasteiger partial charge in [0.2, 0.25) is 0 Å². The molecule has 0 saturated heterocycles.